The van der Waals surface area contributed by atoms with E-state index in [1.165, 1.54) is 24.3 Å². The Labute approximate surface area is 153 Å². The van der Waals surface area contributed by atoms with Crippen molar-refractivity contribution in [1.29, 1.82) is 0 Å². The third kappa shape index (κ3) is 4.60. The summed E-state index contributed by atoms with van der Waals surface area (Å²) in [5.74, 6) is -1.03. The van der Waals surface area contributed by atoms with Crippen molar-refractivity contribution in [1.82, 2.24) is 0 Å². The maximum atomic E-state index is 14.1. The van der Waals surface area contributed by atoms with E-state index in [2.05, 4.69) is 4.74 Å². The summed E-state index contributed by atoms with van der Waals surface area (Å²) < 4.78 is 55.2. The van der Waals surface area contributed by atoms with Gasteiger partial charge in [-0.1, -0.05) is 24.6 Å². The first-order chi connectivity index (χ1) is 12.4. The van der Waals surface area contributed by atoms with Crippen LogP contribution in [0, 0.1) is 5.82 Å². The second kappa shape index (κ2) is 8.80. The average Bonchev–Trinajstić information content (AvgIpc) is 2.60. The molecule has 0 aliphatic carbocycles. The van der Waals surface area contributed by atoms with Gasteiger partial charge >= 0.3 is 6.16 Å². The van der Waals surface area contributed by atoms with Gasteiger partial charge in [-0.15, -0.1) is 0 Å². The number of methoxy groups -OCH3 is 1. The van der Waals surface area contributed by atoms with E-state index in [9.17, 15) is 18.0 Å². The average molecular weight is 389 g/mol. The van der Waals surface area contributed by atoms with E-state index in [1.807, 2.05) is 0 Å². The van der Waals surface area contributed by atoms with Crippen LogP contribution in [-0.4, -0.2) is 13.3 Å². The van der Waals surface area contributed by atoms with Crippen molar-refractivity contribution in [2.45, 2.75) is 26.4 Å². The highest BCUT2D eigenvalue weighted by Gasteiger charge is 2.19. The fraction of sp³-hybridized carbons (Fsp3) is 0.278. The van der Waals surface area contributed by atoms with E-state index >= 15 is 0 Å². The SMILES string of the molecule is CCc1cc(C(F)F)c(OCc2c(F)cccc2OC(=O)OC)cc1Cl. The minimum absolute atomic E-state index is 0.117. The Balaban J connectivity index is 2.32. The molecule has 0 N–H and O–H groups in total. The zero-order valence-corrected chi connectivity index (χ0v) is 14.8. The number of carbonyl (C=O) groups excluding carboxylic acids is 1. The minimum atomic E-state index is -2.79. The van der Waals surface area contributed by atoms with Crippen molar-refractivity contribution in [3.05, 3.63) is 57.9 Å². The molecule has 0 unspecified atom stereocenters. The molecule has 26 heavy (non-hydrogen) atoms. The monoisotopic (exact) mass is 388 g/mol. The van der Waals surface area contributed by atoms with Crippen LogP contribution in [0.1, 0.15) is 30.0 Å². The molecular formula is C18H16ClF3O4. The quantitative estimate of drug-likeness (QED) is 0.470. The lowest BCUT2D eigenvalue weighted by atomic mass is 10.1. The smallest absolute Gasteiger partial charge is 0.488 e. The second-order valence-corrected chi connectivity index (χ2v) is 5.60. The van der Waals surface area contributed by atoms with Crippen molar-refractivity contribution in [3.63, 3.8) is 0 Å². The first kappa shape index (κ1) is 19.9. The first-order valence-electron chi connectivity index (χ1n) is 7.63. The molecule has 0 aliphatic heterocycles. The summed E-state index contributed by atoms with van der Waals surface area (Å²) in [6.07, 6.45) is -3.36. The molecule has 2 aromatic carbocycles. The first-order valence-corrected chi connectivity index (χ1v) is 8.01. The highest BCUT2D eigenvalue weighted by atomic mass is 35.5. The summed E-state index contributed by atoms with van der Waals surface area (Å²) in [5, 5.41) is 0.270. The Bertz CT molecular complexity index is 796. The van der Waals surface area contributed by atoms with Crippen LogP contribution in [0.3, 0.4) is 0 Å². The molecule has 0 atom stereocenters. The van der Waals surface area contributed by atoms with Gasteiger partial charge in [-0.2, -0.15) is 0 Å². The number of halogens is 4. The van der Waals surface area contributed by atoms with Gasteiger partial charge in [-0.05, 0) is 36.2 Å². The molecule has 0 amide bonds. The predicted molar refractivity (Wildman–Crippen MR) is 89.6 cm³/mol. The summed E-state index contributed by atoms with van der Waals surface area (Å²) in [5.41, 5.74) is 0.0850. The highest BCUT2D eigenvalue weighted by Crippen LogP contribution is 2.35. The van der Waals surface area contributed by atoms with Gasteiger partial charge in [0.2, 0.25) is 0 Å². The van der Waals surface area contributed by atoms with E-state index in [0.717, 1.165) is 13.2 Å². The van der Waals surface area contributed by atoms with E-state index < -0.39 is 25.0 Å². The standard InChI is InChI=1S/C18H16ClF3O4/c1-3-10-7-11(17(21)22)16(8-13(10)19)25-9-12-14(20)5-4-6-15(12)26-18(23)24-2/h4-8,17H,3,9H2,1-2H3. The topological polar surface area (TPSA) is 44.8 Å². The van der Waals surface area contributed by atoms with E-state index in [4.69, 9.17) is 21.1 Å². The summed E-state index contributed by atoms with van der Waals surface area (Å²) >= 11 is 6.05. The number of ether oxygens (including phenoxy) is 3. The molecule has 0 spiro atoms. The molecule has 4 nitrogen and oxygen atoms in total. The van der Waals surface area contributed by atoms with Gasteiger partial charge < -0.3 is 14.2 Å². The third-order valence-electron chi connectivity index (χ3n) is 3.60. The number of carbonyl (C=O) groups is 1. The van der Waals surface area contributed by atoms with Crippen molar-refractivity contribution in [2.75, 3.05) is 7.11 Å². The van der Waals surface area contributed by atoms with Crippen LogP contribution in [0.5, 0.6) is 11.5 Å². The van der Waals surface area contributed by atoms with Crippen LogP contribution in [0.4, 0.5) is 18.0 Å². The van der Waals surface area contributed by atoms with Gasteiger partial charge in [0, 0.05) is 5.02 Å². The maximum absolute atomic E-state index is 14.1. The molecule has 2 aromatic rings. The summed E-state index contributed by atoms with van der Waals surface area (Å²) in [6, 6.07) is 6.32. The van der Waals surface area contributed by atoms with Gasteiger partial charge in [-0.3, -0.25) is 0 Å². The molecule has 0 saturated heterocycles. The summed E-state index contributed by atoms with van der Waals surface area (Å²) in [6.45, 7) is 1.34. The van der Waals surface area contributed by atoms with E-state index in [1.54, 1.807) is 6.92 Å². The van der Waals surface area contributed by atoms with Crippen LogP contribution >= 0.6 is 11.6 Å². The van der Waals surface area contributed by atoms with Crippen LogP contribution in [0.25, 0.3) is 0 Å². The zero-order valence-electron chi connectivity index (χ0n) is 14.0. The fourth-order valence-corrected chi connectivity index (χ4v) is 2.53. The predicted octanol–water partition coefficient (Wildman–Crippen LogP) is 5.70. The number of alkyl halides is 2. The molecule has 0 aromatic heterocycles. The maximum Gasteiger partial charge on any atom is 0.513 e. The second-order valence-electron chi connectivity index (χ2n) is 5.20. The summed E-state index contributed by atoms with van der Waals surface area (Å²) in [4.78, 5) is 11.3. The van der Waals surface area contributed by atoms with Gasteiger partial charge in [0.05, 0.1) is 18.2 Å². The van der Waals surface area contributed by atoms with Gasteiger partial charge in [-0.25, -0.2) is 18.0 Å². The molecule has 0 heterocycles. The van der Waals surface area contributed by atoms with Gasteiger partial charge in [0.15, 0.2) is 0 Å². The number of hydrogen-bond acceptors (Lipinski definition) is 4. The lowest BCUT2D eigenvalue weighted by molar-refractivity contribution is 0.120. The van der Waals surface area contributed by atoms with Crippen LogP contribution in [0.2, 0.25) is 5.02 Å². The number of rotatable bonds is 6. The number of hydrogen-bond donors (Lipinski definition) is 0. The molecule has 0 fully saturated rings. The molecular weight excluding hydrogens is 373 g/mol. The van der Waals surface area contributed by atoms with Crippen LogP contribution in [-0.2, 0) is 17.8 Å². The fourth-order valence-electron chi connectivity index (χ4n) is 2.24. The Hall–Kier alpha value is -2.41. The molecule has 0 bridgehead atoms. The van der Waals surface area contributed by atoms with E-state index in [-0.39, 0.29) is 27.6 Å². The Morgan fingerprint density at radius 1 is 1.23 bits per heavy atom. The zero-order chi connectivity index (χ0) is 19.3. The third-order valence-corrected chi connectivity index (χ3v) is 3.95. The molecule has 0 saturated carbocycles. The Kier molecular flexibility index (Phi) is 6.74. The lowest BCUT2D eigenvalue weighted by Gasteiger charge is -2.15. The van der Waals surface area contributed by atoms with Crippen molar-refractivity contribution in [2.24, 2.45) is 0 Å². The number of aryl methyl sites for hydroxylation is 1. The van der Waals surface area contributed by atoms with Crippen molar-refractivity contribution in [3.8, 4) is 11.5 Å². The Morgan fingerprint density at radius 2 is 1.96 bits per heavy atom. The van der Waals surface area contributed by atoms with Gasteiger partial charge in [0.1, 0.15) is 23.9 Å². The van der Waals surface area contributed by atoms with E-state index in [0.29, 0.717) is 12.0 Å². The molecule has 0 aliphatic rings. The normalized spacial score (nSPS) is 10.7. The summed E-state index contributed by atoms with van der Waals surface area (Å²) in [7, 11) is 1.10. The molecule has 0 radical (unpaired) electrons. The largest absolute Gasteiger partial charge is 0.513 e. The lowest BCUT2D eigenvalue weighted by Crippen LogP contribution is -2.11. The van der Waals surface area contributed by atoms with Crippen molar-refractivity contribution >= 4 is 17.8 Å². The van der Waals surface area contributed by atoms with Crippen molar-refractivity contribution < 1.29 is 32.2 Å². The van der Waals surface area contributed by atoms with Crippen LogP contribution < -0.4 is 9.47 Å². The molecule has 2 rings (SSSR count). The van der Waals surface area contributed by atoms with Crippen LogP contribution in [0.15, 0.2) is 30.3 Å². The highest BCUT2D eigenvalue weighted by molar-refractivity contribution is 6.31. The molecule has 8 heteroatoms. The minimum Gasteiger partial charge on any atom is -0.488 e. The number of benzene rings is 2. The Morgan fingerprint density at radius 3 is 2.58 bits per heavy atom. The molecule has 140 valence electrons. The van der Waals surface area contributed by atoms with Gasteiger partial charge in [0.25, 0.3) is 6.43 Å².